The number of carboxylic acid groups (broad SMARTS) is 1. The number of fused-ring (bicyclic) bond motifs is 1. The number of nitrogens with zero attached hydrogens (tertiary/aromatic N) is 1. The van der Waals surface area contributed by atoms with Crippen LogP contribution < -0.4 is 11.1 Å². The molecule has 5 heteroatoms. The summed E-state index contributed by atoms with van der Waals surface area (Å²) in [6, 6.07) is 6.73. The summed E-state index contributed by atoms with van der Waals surface area (Å²) in [7, 11) is 0. The van der Waals surface area contributed by atoms with Crippen LogP contribution in [0.3, 0.4) is 0 Å². The van der Waals surface area contributed by atoms with Gasteiger partial charge in [-0.3, -0.25) is 0 Å². The fourth-order valence-electron chi connectivity index (χ4n) is 2.16. The van der Waals surface area contributed by atoms with E-state index in [0.717, 1.165) is 10.8 Å². The zero-order valence-electron chi connectivity index (χ0n) is 11.6. The fourth-order valence-corrected chi connectivity index (χ4v) is 2.16. The Kier molecular flexibility index (Phi) is 4.08. The van der Waals surface area contributed by atoms with Crippen molar-refractivity contribution in [2.24, 2.45) is 5.92 Å². The number of nitrogens with two attached hydrogens (primary N) is 1. The van der Waals surface area contributed by atoms with Crippen molar-refractivity contribution in [2.75, 3.05) is 11.1 Å². The van der Waals surface area contributed by atoms with Crippen molar-refractivity contribution in [3.8, 4) is 0 Å². The number of carboxylic acids is 1. The number of nitrogens with one attached hydrogen (secondary N) is 1. The number of hydrogen-bond donors (Lipinski definition) is 3. The van der Waals surface area contributed by atoms with Gasteiger partial charge < -0.3 is 16.2 Å². The lowest BCUT2D eigenvalue weighted by molar-refractivity contribution is -0.138. The highest BCUT2D eigenvalue weighted by Gasteiger charge is 2.19. The molecule has 2 aromatic rings. The second-order valence-corrected chi connectivity index (χ2v) is 5.30. The van der Waals surface area contributed by atoms with E-state index in [2.05, 4.69) is 10.3 Å². The van der Waals surface area contributed by atoms with Crippen molar-refractivity contribution in [3.05, 3.63) is 30.5 Å². The summed E-state index contributed by atoms with van der Waals surface area (Å²) in [5.41, 5.74) is 6.42. The number of anilines is 2. The molecule has 2 rings (SSSR count). The topological polar surface area (TPSA) is 88.2 Å². The molecule has 0 spiro atoms. The highest BCUT2D eigenvalue weighted by molar-refractivity contribution is 5.95. The normalized spacial score (nSPS) is 12.6. The molecule has 5 nitrogen and oxygen atoms in total. The van der Waals surface area contributed by atoms with Crippen LogP contribution in [0.4, 0.5) is 11.5 Å². The van der Waals surface area contributed by atoms with E-state index in [9.17, 15) is 9.90 Å². The molecule has 0 aliphatic heterocycles. The highest BCUT2D eigenvalue weighted by atomic mass is 16.4. The van der Waals surface area contributed by atoms with E-state index < -0.39 is 12.0 Å². The van der Waals surface area contributed by atoms with Gasteiger partial charge in [-0.25, -0.2) is 9.78 Å². The van der Waals surface area contributed by atoms with E-state index in [1.165, 1.54) is 0 Å². The molecule has 1 aromatic heterocycles. The molecule has 106 valence electrons. The largest absolute Gasteiger partial charge is 0.480 e. The first-order valence-electron chi connectivity index (χ1n) is 6.61. The Labute approximate surface area is 117 Å². The molecular weight excluding hydrogens is 254 g/mol. The van der Waals surface area contributed by atoms with Gasteiger partial charge in [-0.1, -0.05) is 19.9 Å². The molecule has 20 heavy (non-hydrogen) atoms. The summed E-state index contributed by atoms with van der Waals surface area (Å²) >= 11 is 0. The van der Waals surface area contributed by atoms with Crippen LogP contribution in [-0.2, 0) is 4.79 Å². The van der Waals surface area contributed by atoms with Crippen LogP contribution in [0.15, 0.2) is 30.5 Å². The molecule has 1 atom stereocenters. The van der Waals surface area contributed by atoms with Gasteiger partial charge in [-0.2, -0.15) is 0 Å². The minimum atomic E-state index is -0.874. The minimum Gasteiger partial charge on any atom is -0.480 e. The van der Waals surface area contributed by atoms with Gasteiger partial charge in [-0.05, 0) is 35.9 Å². The number of nitrogen functional groups attached to an aromatic ring is 1. The zero-order chi connectivity index (χ0) is 14.7. The summed E-state index contributed by atoms with van der Waals surface area (Å²) in [6.07, 6.45) is 2.20. The molecule has 0 bridgehead atoms. The van der Waals surface area contributed by atoms with Crippen molar-refractivity contribution < 1.29 is 9.90 Å². The summed E-state index contributed by atoms with van der Waals surface area (Å²) in [6.45, 7) is 3.98. The molecule has 0 aliphatic carbocycles. The van der Waals surface area contributed by atoms with Crippen molar-refractivity contribution in [1.29, 1.82) is 0 Å². The van der Waals surface area contributed by atoms with Gasteiger partial charge in [0.2, 0.25) is 0 Å². The molecule has 1 aromatic carbocycles. The van der Waals surface area contributed by atoms with Crippen LogP contribution in [-0.4, -0.2) is 22.1 Å². The smallest absolute Gasteiger partial charge is 0.326 e. The average molecular weight is 273 g/mol. The number of rotatable bonds is 5. The zero-order valence-corrected chi connectivity index (χ0v) is 11.6. The third-order valence-electron chi connectivity index (χ3n) is 3.11. The van der Waals surface area contributed by atoms with Crippen LogP contribution in [0.1, 0.15) is 20.3 Å². The number of aromatic nitrogens is 1. The van der Waals surface area contributed by atoms with Crippen LogP contribution in [0.25, 0.3) is 10.8 Å². The number of pyridine rings is 1. The van der Waals surface area contributed by atoms with Gasteiger partial charge in [0.25, 0.3) is 0 Å². The van der Waals surface area contributed by atoms with Crippen molar-refractivity contribution >= 4 is 28.2 Å². The molecule has 1 heterocycles. The van der Waals surface area contributed by atoms with Gasteiger partial charge in [0.05, 0.1) is 0 Å². The van der Waals surface area contributed by atoms with Crippen molar-refractivity contribution in [1.82, 2.24) is 4.98 Å². The molecule has 0 aliphatic rings. The third-order valence-corrected chi connectivity index (χ3v) is 3.11. The maximum absolute atomic E-state index is 11.3. The Morgan fingerprint density at radius 2 is 2.15 bits per heavy atom. The molecule has 0 saturated carbocycles. The first kappa shape index (κ1) is 14.1. The maximum Gasteiger partial charge on any atom is 0.326 e. The number of carbonyl (C=O) groups is 1. The van der Waals surface area contributed by atoms with Gasteiger partial charge in [-0.15, -0.1) is 0 Å². The molecule has 1 unspecified atom stereocenters. The van der Waals surface area contributed by atoms with Crippen molar-refractivity contribution in [2.45, 2.75) is 26.3 Å². The maximum atomic E-state index is 11.3. The molecular formula is C15H19N3O2. The second-order valence-electron chi connectivity index (χ2n) is 5.30. The lowest BCUT2D eigenvalue weighted by atomic mass is 10.0. The Balaban J connectivity index is 2.36. The first-order chi connectivity index (χ1) is 9.47. The van der Waals surface area contributed by atoms with E-state index in [-0.39, 0.29) is 5.92 Å². The molecule has 0 saturated heterocycles. The first-order valence-corrected chi connectivity index (χ1v) is 6.61. The minimum absolute atomic E-state index is 0.281. The predicted molar refractivity (Wildman–Crippen MR) is 80.7 cm³/mol. The molecule has 0 amide bonds. The Morgan fingerprint density at radius 3 is 2.80 bits per heavy atom. The quantitative estimate of drug-likeness (QED) is 0.729. The fraction of sp³-hybridized carbons (Fsp3) is 0.333. The molecule has 4 N–H and O–H groups in total. The van der Waals surface area contributed by atoms with Crippen LogP contribution in [0, 0.1) is 5.92 Å². The lowest BCUT2D eigenvalue weighted by Crippen LogP contribution is -2.31. The SMILES string of the molecule is CC(C)CC(Nc1nccc2ccc(N)cc12)C(=O)O. The van der Waals surface area contributed by atoms with Gasteiger partial charge in [0, 0.05) is 17.3 Å². The predicted octanol–water partition coefficient (Wildman–Crippen LogP) is 2.73. The van der Waals surface area contributed by atoms with Crippen molar-refractivity contribution in [3.63, 3.8) is 0 Å². The summed E-state index contributed by atoms with van der Waals surface area (Å²) in [5.74, 6) is -0.0344. The Morgan fingerprint density at radius 1 is 1.40 bits per heavy atom. The van der Waals surface area contributed by atoms with Gasteiger partial charge >= 0.3 is 5.97 Å². The molecule has 0 radical (unpaired) electrons. The Hall–Kier alpha value is -2.30. The van der Waals surface area contributed by atoms with Crippen LogP contribution >= 0.6 is 0 Å². The van der Waals surface area contributed by atoms with Crippen LogP contribution in [0.2, 0.25) is 0 Å². The van der Waals surface area contributed by atoms with Gasteiger partial charge in [0.15, 0.2) is 0 Å². The second kappa shape index (κ2) is 5.77. The summed E-state index contributed by atoms with van der Waals surface area (Å²) < 4.78 is 0. The number of hydrogen-bond acceptors (Lipinski definition) is 4. The van der Waals surface area contributed by atoms with E-state index in [1.54, 1.807) is 12.3 Å². The standard InChI is InChI=1S/C15H19N3O2/c1-9(2)7-13(15(19)20)18-14-12-8-11(16)4-3-10(12)5-6-17-14/h3-6,8-9,13H,7,16H2,1-2H3,(H,17,18)(H,19,20). The van der Waals surface area contributed by atoms with E-state index in [1.807, 2.05) is 32.0 Å². The average Bonchev–Trinajstić information content (AvgIpc) is 2.38. The van der Waals surface area contributed by atoms with E-state index in [0.29, 0.717) is 17.9 Å². The lowest BCUT2D eigenvalue weighted by Gasteiger charge is -2.18. The highest BCUT2D eigenvalue weighted by Crippen LogP contribution is 2.24. The summed E-state index contributed by atoms with van der Waals surface area (Å²) in [5, 5.41) is 14.1. The van der Waals surface area contributed by atoms with Gasteiger partial charge in [0.1, 0.15) is 11.9 Å². The van der Waals surface area contributed by atoms with E-state index in [4.69, 9.17) is 5.73 Å². The van der Waals surface area contributed by atoms with E-state index >= 15 is 0 Å². The summed E-state index contributed by atoms with van der Waals surface area (Å²) in [4.78, 5) is 15.6. The number of aliphatic carboxylic acids is 1. The van der Waals surface area contributed by atoms with Crippen LogP contribution in [0.5, 0.6) is 0 Å². The molecule has 0 fully saturated rings. The third kappa shape index (κ3) is 3.17. The monoisotopic (exact) mass is 273 g/mol. The Bertz CT molecular complexity index is 626. The number of benzene rings is 1.